The Morgan fingerprint density at radius 1 is 1.29 bits per heavy atom. The molecule has 0 saturated carbocycles. The molecule has 0 aliphatic heterocycles. The van der Waals surface area contributed by atoms with Crippen LogP contribution < -0.4 is 4.74 Å². The second-order valence-electron chi connectivity index (χ2n) is 3.18. The number of hydrogen-bond donors (Lipinski definition) is 0. The van der Waals surface area contributed by atoms with E-state index >= 15 is 0 Å². The highest BCUT2D eigenvalue weighted by Crippen LogP contribution is 2.32. The lowest BCUT2D eigenvalue weighted by Gasteiger charge is -2.09. The lowest BCUT2D eigenvalue weighted by atomic mass is 10.1. The van der Waals surface area contributed by atoms with E-state index in [1.807, 2.05) is 26.0 Å². The first-order valence-electron chi connectivity index (χ1n) is 4.38. The van der Waals surface area contributed by atoms with Gasteiger partial charge < -0.3 is 4.74 Å². The number of carbonyl (C=O) groups is 1. The summed E-state index contributed by atoms with van der Waals surface area (Å²) in [5, 5.41) is 0.0755. The molecule has 0 unspecified atom stereocenters. The highest BCUT2D eigenvalue weighted by atomic mass is 32.2. The molecule has 0 atom stereocenters. The van der Waals surface area contributed by atoms with Gasteiger partial charge in [-0.1, -0.05) is 0 Å². The summed E-state index contributed by atoms with van der Waals surface area (Å²) in [5.41, 5.74) is 2.35. The van der Waals surface area contributed by atoms with Gasteiger partial charge in [0.25, 0.3) is 0 Å². The normalized spacial score (nSPS) is 10.0. The molecule has 0 aliphatic carbocycles. The van der Waals surface area contributed by atoms with Crippen molar-refractivity contribution in [2.45, 2.75) is 25.7 Å². The molecular weight excluding hydrogens is 196 g/mol. The number of thioether (sulfide) groups is 1. The largest absolute Gasteiger partial charge is 0.496 e. The monoisotopic (exact) mass is 210 g/mol. The zero-order valence-electron chi connectivity index (χ0n) is 8.88. The van der Waals surface area contributed by atoms with Crippen LogP contribution >= 0.6 is 11.8 Å². The molecule has 0 spiro atoms. The van der Waals surface area contributed by atoms with Crippen LogP contribution in [0.2, 0.25) is 0 Å². The fourth-order valence-electron chi connectivity index (χ4n) is 1.16. The second kappa shape index (κ2) is 4.51. The van der Waals surface area contributed by atoms with Crippen LogP contribution in [0.15, 0.2) is 17.0 Å². The molecule has 0 heterocycles. The van der Waals surface area contributed by atoms with Crippen molar-refractivity contribution < 1.29 is 9.53 Å². The summed E-state index contributed by atoms with van der Waals surface area (Å²) in [5.74, 6) is 0.772. The van der Waals surface area contributed by atoms with Gasteiger partial charge in [0.15, 0.2) is 5.12 Å². The van der Waals surface area contributed by atoms with Gasteiger partial charge in [0.05, 0.1) is 12.0 Å². The molecule has 3 heteroatoms. The highest BCUT2D eigenvalue weighted by molar-refractivity contribution is 8.13. The summed E-state index contributed by atoms with van der Waals surface area (Å²) in [4.78, 5) is 11.9. The van der Waals surface area contributed by atoms with Crippen molar-refractivity contribution in [1.29, 1.82) is 0 Å². The lowest BCUT2D eigenvalue weighted by molar-refractivity contribution is -0.109. The topological polar surface area (TPSA) is 26.3 Å². The molecule has 0 saturated heterocycles. The molecule has 1 rings (SSSR count). The van der Waals surface area contributed by atoms with Crippen LogP contribution in [0.3, 0.4) is 0 Å². The highest BCUT2D eigenvalue weighted by Gasteiger charge is 2.08. The van der Waals surface area contributed by atoms with Crippen molar-refractivity contribution in [1.82, 2.24) is 0 Å². The van der Waals surface area contributed by atoms with Gasteiger partial charge in [-0.25, -0.2) is 0 Å². The Morgan fingerprint density at radius 3 is 2.36 bits per heavy atom. The van der Waals surface area contributed by atoms with Crippen molar-refractivity contribution in [3.8, 4) is 5.75 Å². The second-order valence-corrected chi connectivity index (χ2v) is 4.40. The zero-order chi connectivity index (χ0) is 10.7. The number of rotatable bonds is 2. The lowest BCUT2D eigenvalue weighted by Crippen LogP contribution is -1.92. The molecule has 1 aromatic rings. The van der Waals surface area contributed by atoms with E-state index in [1.54, 1.807) is 14.0 Å². The molecule has 0 radical (unpaired) electrons. The Balaban J connectivity index is 3.13. The number of hydrogen-bond acceptors (Lipinski definition) is 3. The van der Waals surface area contributed by atoms with E-state index in [-0.39, 0.29) is 5.12 Å². The minimum Gasteiger partial charge on any atom is -0.496 e. The fourth-order valence-corrected chi connectivity index (χ4v) is 1.95. The molecule has 0 amide bonds. The van der Waals surface area contributed by atoms with Crippen molar-refractivity contribution >= 4 is 16.9 Å². The van der Waals surface area contributed by atoms with Gasteiger partial charge >= 0.3 is 0 Å². The predicted octanol–water partition coefficient (Wildman–Crippen LogP) is 2.95. The summed E-state index contributed by atoms with van der Waals surface area (Å²) >= 11 is 1.21. The number of benzene rings is 1. The predicted molar refractivity (Wildman–Crippen MR) is 59.0 cm³/mol. The number of aryl methyl sites for hydroxylation is 2. The van der Waals surface area contributed by atoms with Crippen molar-refractivity contribution in [3.63, 3.8) is 0 Å². The molecule has 14 heavy (non-hydrogen) atoms. The van der Waals surface area contributed by atoms with Gasteiger partial charge in [0.1, 0.15) is 5.75 Å². The van der Waals surface area contributed by atoms with Crippen molar-refractivity contribution in [2.75, 3.05) is 7.11 Å². The summed E-state index contributed by atoms with van der Waals surface area (Å²) < 4.78 is 5.21. The third-order valence-electron chi connectivity index (χ3n) is 2.03. The van der Waals surface area contributed by atoms with Crippen LogP contribution in [0.25, 0.3) is 0 Å². The summed E-state index contributed by atoms with van der Waals surface area (Å²) in [6.45, 7) is 5.61. The third kappa shape index (κ3) is 2.51. The van der Waals surface area contributed by atoms with Gasteiger partial charge in [0, 0.05) is 6.92 Å². The summed E-state index contributed by atoms with van der Waals surface area (Å²) in [7, 11) is 1.62. The smallest absolute Gasteiger partial charge is 0.190 e. The Bertz CT molecular complexity index is 359. The van der Waals surface area contributed by atoms with Crippen LogP contribution in [0, 0.1) is 13.8 Å². The molecule has 0 aromatic heterocycles. The van der Waals surface area contributed by atoms with Gasteiger partial charge in [-0.3, -0.25) is 4.79 Å². The molecular formula is C11H14O2S. The Kier molecular flexibility index (Phi) is 3.58. The minimum absolute atomic E-state index is 0.0755. The number of methoxy groups -OCH3 is 1. The van der Waals surface area contributed by atoms with E-state index in [2.05, 4.69) is 0 Å². The minimum atomic E-state index is 0.0755. The Hall–Kier alpha value is -0.960. The molecule has 0 aliphatic rings. The maximum Gasteiger partial charge on any atom is 0.190 e. The quantitative estimate of drug-likeness (QED) is 0.702. The van der Waals surface area contributed by atoms with E-state index in [1.165, 1.54) is 22.9 Å². The van der Waals surface area contributed by atoms with Crippen LogP contribution in [0.5, 0.6) is 5.75 Å². The number of ether oxygens (including phenoxy) is 1. The first kappa shape index (κ1) is 11.1. The third-order valence-corrected chi connectivity index (χ3v) is 2.86. The maximum absolute atomic E-state index is 11.0. The summed E-state index contributed by atoms with van der Waals surface area (Å²) in [6.07, 6.45) is 0. The molecule has 0 bridgehead atoms. The van der Waals surface area contributed by atoms with E-state index in [0.29, 0.717) is 0 Å². The van der Waals surface area contributed by atoms with Crippen LogP contribution in [-0.4, -0.2) is 12.2 Å². The van der Waals surface area contributed by atoms with Crippen LogP contribution in [0.4, 0.5) is 0 Å². The maximum atomic E-state index is 11.0. The van der Waals surface area contributed by atoms with Crippen molar-refractivity contribution in [2.24, 2.45) is 0 Å². The molecule has 2 nitrogen and oxygen atoms in total. The van der Waals surface area contributed by atoms with Gasteiger partial charge in [-0.2, -0.15) is 0 Å². The fraction of sp³-hybridized carbons (Fsp3) is 0.364. The Labute approximate surface area is 88.7 Å². The van der Waals surface area contributed by atoms with Crippen LogP contribution in [-0.2, 0) is 4.79 Å². The molecule has 0 fully saturated rings. The van der Waals surface area contributed by atoms with E-state index in [0.717, 1.165) is 10.6 Å². The standard InChI is InChI=1S/C11H14O2S/c1-7-5-10(13-4)11(6-8(7)2)14-9(3)12/h5-6H,1-4H3. The van der Waals surface area contributed by atoms with Crippen LogP contribution in [0.1, 0.15) is 18.1 Å². The zero-order valence-corrected chi connectivity index (χ0v) is 9.70. The van der Waals surface area contributed by atoms with E-state index in [9.17, 15) is 4.79 Å². The first-order chi connectivity index (χ1) is 6.54. The molecule has 1 aromatic carbocycles. The molecule has 76 valence electrons. The summed E-state index contributed by atoms with van der Waals surface area (Å²) in [6, 6.07) is 3.95. The van der Waals surface area contributed by atoms with Crippen molar-refractivity contribution in [3.05, 3.63) is 23.3 Å². The van der Waals surface area contributed by atoms with Gasteiger partial charge in [0.2, 0.25) is 0 Å². The van der Waals surface area contributed by atoms with Gasteiger partial charge in [-0.05, 0) is 48.9 Å². The average molecular weight is 210 g/mol. The molecule has 0 N–H and O–H groups in total. The van der Waals surface area contributed by atoms with E-state index in [4.69, 9.17) is 4.74 Å². The average Bonchev–Trinajstić information content (AvgIpc) is 2.10. The SMILES string of the molecule is COc1cc(C)c(C)cc1SC(C)=O. The van der Waals surface area contributed by atoms with Gasteiger partial charge in [-0.15, -0.1) is 0 Å². The number of carbonyl (C=O) groups excluding carboxylic acids is 1. The Morgan fingerprint density at radius 2 is 1.86 bits per heavy atom. The first-order valence-corrected chi connectivity index (χ1v) is 5.20. The van der Waals surface area contributed by atoms with E-state index < -0.39 is 0 Å².